The molecule has 1 aromatic rings. The van der Waals surface area contributed by atoms with Crippen molar-refractivity contribution in [2.45, 2.75) is 0 Å². The molecule has 13 heavy (non-hydrogen) atoms. The topological polar surface area (TPSA) is 69.2 Å². The van der Waals surface area contributed by atoms with Gasteiger partial charge in [-0.2, -0.15) is 0 Å². The average molecular weight is 265 g/mol. The summed E-state index contributed by atoms with van der Waals surface area (Å²) in [6.45, 7) is 0. The monoisotopic (exact) mass is 264 g/mol. The zero-order valence-corrected chi connectivity index (χ0v) is 11.0. The number of hydrogen-bond acceptors (Lipinski definition) is 3. The maximum absolute atomic E-state index is 10.6. The van der Waals surface area contributed by atoms with Crippen LogP contribution >= 0.6 is 31.1 Å². The molecule has 66 valence electrons. The van der Waals surface area contributed by atoms with E-state index in [1.165, 1.54) is 18.2 Å². The molecule has 0 aliphatic heterocycles. The molecule has 0 saturated heterocycles. The number of benzene rings is 1. The van der Waals surface area contributed by atoms with Crippen molar-refractivity contribution in [1.82, 2.24) is 0 Å². The molecular formula is C6H3CaCl2O3P. The Morgan fingerprint density at radius 1 is 1.00 bits per heavy atom. The maximum atomic E-state index is 10.6. The van der Waals surface area contributed by atoms with Crippen LogP contribution in [0.3, 0.4) is 0 Å². The molecule has 0 aliphatic rings. The summed E-state index contributed by atoms with van der Waals surface area (Å²) >= 11 is 10.9. The fourth-order valence-electron chi connectivity index (χ4n) is 0.751. The Balaban J connectivity index is 0.00000144. The summed E-state index contributed by atoms with van der Waals surface area (Å²) in [5.74, 6) is 0. The summed E-state index contributed by atoms with van der Waals surface area (Å²) in [6.07, 6.45) is 0. The second kappa shape index (κ2) is 5.45. The van der Waals surface area contributed by atoms with Crippen LogP contribution in [0.2, 0.25) is 10.0 Å². The van der Waals surface area contributed by atoms with Gasteiger partial charge in [0.25, 0.3) is 0 Å². The quantitative estimate of drug-likeness (QED) is 0.487. The summed E-state index contributed by atoms with van der Waals surface area (Å²) in [5, 5.41) is -0.819. The van der Waals surface area contributed by atoms with Gasteiger partial charge >= 0.3 is 37.7 Å². The molecule has 0 amide bonds. The Kier molecular flexibility index (Phi) is 6.03. The van der Waals surface area contributed by atoms with Gasteiger partial charge in [-0.15, -0.1) is 7.94 Å². The Morgan fingerprint density at radius 3 is 1.62 bits per heavy atom. The second-order valence-corrected chi connectivity index (χ2v) is 4.32. The molecule has 1 aromatic carbocycles. The van der Waals surface area contributed by atoms with Gasteiger partial charge in [-0.1, -0.05) is 29.3 Å². The van der Waals surface area contributed by atoms with Crippen molar-refractivity contribution in [3.05, 3.63) is 28.2 Å². The fraction of sp³-hybridized carbons (Fsp3) is 0. The first kappa shape index (κ1) is 14.4. The first-order valence-electron chi connectivity index (χ1n) is 2.89. The summed E-state index contributed by atoms with van der Waals surface area (Å²) in [4.78, 5) is 31.7. The standard InChI is InChI=1S/C6H5Cl2O3P.Ca/c7-4-2-1-3-5(8)6(4)12(9,10)11;/h1-3H,(H2,9,10,11);/q;+2/p-2. The van der Waals surface area contributed by atoms with Crippen molar-refractivity contribution in [2.75, 3.05) is 0 Å². The molecule has 3 nitrogen and oxygen atoms in total. The summed E-state index contributed by atoms with van der Waals surface area (Å²) in [7, 11) is -4.86. The van der Waals surface area contributed by atoms with E-state index in [1.54, 1.807) is 0 Å². The van der Waals surface area contributed by atoms with E-state index in [-0.39, 0.29) is 47.8 Å². The van der Waals surface area contributed by atoms with Crippen molar-refractivity contribution < 1.29 is 14.7 Å². The molecule has 0 bridgehead atoms. The van der Waals surface area contributed by atoms with Crippen LogP contribution in [0.25, 0.3) is 0 Å². The van der Waals surface area contributed by atoms with Crippen molar-refractivity contribution in [3.8, 4) is 0 Å². The summed E-state index contributed by atoms with van der Waals surface area (Å²) in [5.41, 5.74) is 0. The predicted molar refractivity (Wildman–Crippen MR) is 48.8 cm³/mol. The molecule has 0 unspecified atom stereocenters. The molecule has 0 saturated carbocycles. The zero-order valence-electron chi connectivity index (χ0n) is 6.37. The van der Waals surface area contributed by atoms with Gasteiger partial charge in [0.2, 0.25) is 0 Å². The van der Waals surface area contributed by atoms with Gasteiger partial charge in [-0.05, 0) is 12.1 Å². The van der Waals surface area contributed by atoms with E-state index in [2.05, 4.69) is 0 Å². The minimum atomic E-state index is -4.86. The smallest absolute Gasteiger partial charge is 0.683 e. The Labute approximate surface area is 116 Å². The third-order valence-electron chi connectivity index (χ3n) is 1.21. The summed E-state index contributed by atoms with van der Waals surface area (Å²) in [6, 6.07) is 4.06. The van der Waals surface area contributed by atoms with Crippen LogP contribution in [0, 0.1) is 0 Å². The number of halogens is 2. The molecule has 0 aliphatic carbocycles. The Bertz CT molecular complexity index is 282. The molecular weight excluding hydrogens is 262 g/mol. The fourth-order valence-corrected chi connectivity index (χ4v) is 2.44. The third-order valence-corrected chi connectivity index (χ3v) is 3.13. The molecule has 0 atom stereocenters. The van der Waals surface area contributed by atoms with Gasteiger partial charge in [0.15, 0.2) is 0 Å². The molecule has 0 aromatic heterocycles. The van der Waals surface area contributed by atoms with Gasteiger partial charge in [0.05, 0.1) is 10.0 Å². The maximum Gasteiger partial charge on any atom is 2.00 e. The van der Waals surface area contributed by atoms with Crippen molar-refractivity contribution >= 4 is 74.2 Å². The third kappa shape index (κ3) is 3.78. The van der Waals surface area contributed by atoms with Gasteiger partial charge in [-0.3, -0.25) is 0 Å². The molecule has 0 heterocycles. The van der Waals surface area contributed by atoms with E-state index in [9.17, 15) is 14.7 Å². The van der Waals surface area contributed by atoms with E-state index in [0.717, 1.165) is 0 Å². The van der Waals surface area contributed by atoms with Crippen LogP contribution in [0.4, 0.5) is 0 Å². The molecule has 0 radical (unpaired) electrons. The van der Waals surface area contributed by atoms with Gasteiger partial charge in [-0.25, -0.2) is 0 Å². The van der Waals surface area contributed by atoms with Crippen LogP contribution in [-0.4, -0.2) is 37.7 Å². The van der Waals surface area contributed by atoms with Crippen LogP contribution in [0.1, 0.15) is 0 Å². The van der Waals surface area contributed by atoms with E-state index in [1.807, 2.05) is 0 Å². The average Bonchev–Trinajstić information content (AvgIpc) is 1.82. The van der Waals surface area contributed by atoms with Crippen molar-refractivity contribution in [3.63, 3.8) is 0 Å². The number of rotatable bonds is 1. The normalized spacial score (nSPS) is 10.8. The minimum absolute atomic E-state index is 0. The minimum Gasteiger partial charge on any atom is -0.683 e. The van der Waals surface area contributed by atoms with Gasteiger partial charge in [0, 0.05) is 0 Å². The number of hydrogen-bond donors (Lipinski definition) is 0. The first-order chi connectivity index (χ1) is 5.43. The molecule has 0 spiro atoms. The molecule has 7 heteroatoms. The Hall–Kier alpha value is 1.37. The van der Waals surface area contributed by atoms with Crippen LogP contribution in [0.5, 0.6) is 0 Å². The van der Waals surface area contributed by atoms with Crippen LogP contribution in [-0.2, 0) is 0 Å². The van der Waals surface area contributed by atoms with Crippen molar-refractivity contribution in [2.24, 2.45) is 0 Å². The molecule has 1 rings (SSSR count). The van der Waals surface area contributed by atoms with Crippen LogP contribution in [0.15, 0.2) is 18.2 Å². The van der Waals surface area contributed by atoms with Crippen molar-refractivity contribution in [1.29, 1.82) is 0 Å². The van der Waals surface area contributed by atoms with E-state index in [4.69, 9.17) is 23.2 Å². The first-order valence-corrected chi connectivity index (χ1v) is 5.19. The predicted octanol–water partition coefficient (Wildman–Crippen LogP) is -0.919. The molecule has 0 fully saturated rings. The SMILES string of the molecule is [Ca+2].[O-][P+]([O-])([O-])c1c(Cl)cccc1Cl. The largest absolute Gasteiger partial charge is 2.00 e. The van der Waals surface area contributed by atoms with Gasteiger partial charge in [0.1, 0.15) is 5.30 Å². The Morgan fingerprint density at radius 2 is 1.38 bits per heavy atom. The van der Waals surface area contributed by atoms with E-state index >= 15 is 0 Å². The second-order valence-electron chi connectivity index (χ2n) is 2.07. The van der Waals surface area contributed by atoms with Gasteiger partial charge < -0.3 is 14.7 Å². The van der Waals surface area contributed by atoms with E-state index in [0.29, 0.717) is 0 Å². The molecule has 0 N–H and O–H groups in total. The zero-order chi connectivity index (χ0) is 9.35. The summed E-state index contributed by atoms with van der Waals surface area (Å²) < 4.78 is 0. The van der Waals surface area contributed by atoms with E-state index < -0.39 is 13.2 Å². The van der Waals surface area contributed by atoms with Crippen LogP contribution < -0.4 is 20.0 Å².